The molecule has 2 heterocycles. The van der Waals surface area contributed by atoms with E-state index in [2.05, 4.69) is 35.4 Å². The maximum Gasteiger partial charge on any atom is 0.252 e. The van der Waals surface area contributed by atoms with Crippen molar-refractivity contribution < 1.29 is 4.79 Å². The summed E-state index contributed by atoms with van der Waals surface area (Å²) in [5.41, 5.74) is 1.63. The summed E-state index contributed by atoms with van der Waals surface area (Å²) < 4.78 is 0. The number of nitrogens with zero attached hydrogens (tertiary/aromatic N) is 1. The molecule has 0 aromatic heterocycles. The molecular formula is C15H18N2O. The second-order valence-corrected chi connectivity index (χ2v) is 5.11. The lowest BCUT2D eigenvalue weighted by atomic mass is 9.87. The van der Waals surface area contributed by atoms with E-state index in [1.807, 2.05) is 18.2 Å². The van der Waals surface area contributed by atoms with Gasteiger partial charge in [-0.3, -0.25) is 9.69 Å². The van der Waals surface area contributed by atoms with Crippen LogP contribution in [0.4, 0.5) is 0 Å². The molecule has 2 aliphatic heterocycles. The Hall–Kier alpha value is -1.61. The number of amides is 1. The van der Waals surface area contributed by atoms with Crippen LogP contribution in [0.5, 0.6) is 0 Å². The SMILES string of the molecule is CCCN1CC=CC2(C1)NC(=O)c1ccccc12. The molecule has 1 unspecified atom stereocenters. The molecule has 94 valence electrons. The van der Waals surface area contributed by atoms with Gasteiger partial charge in [0.25, 0.3) is 5.91 Å². The molecule has 2 aliphatic rings. The number of benzene rings is 1. The molecule has 0 aliphatic carbocycles. The molecular weight excluding hydrogens is 224 g/mol. The molecule has 1 spiro atoms. The van der Waals surface area contributed by atoms with E-state index in [1.54, 1.807) is 0 Å². The fourth-order valence-corrected chi connectivity index (χ4v) is 3.02. The van der Waals surface area contributed by atoms with Crippen LogP contribution in [0, 0.1) is 0 Å². The smallest absolute Gasteiger partial charge is 0.252 e. The average Bonchev–Trinajstić information content (AvgIpc) is 2.64. The van der Waals surface area contributed by atoms with Gasteiger partial charge < -0.3 is 5.32 Å². The minimum atomic E-state index is -0.304. The fourth-order valence-electron chi connectivity index (χ4n) is 3.02. The molecule has 1 amide bonds. The maximum atomic E-state index is 12.0. The third-order valence-electron chi connectivity index (χ3n) is 3.77. The minimum absolute atomic E-state index is 0.0496. The summed E-state index contributed by atoms with van der Waals surface area (Å²) in [6, 6.07) is 7.90. The van der Waals surface area contributed by atoms with Gasteiger partial charge in [0.15, 0.2) is 0 Å². The second kappa shape index (κ2) is 4.25. The first-order chi connectivity index (χ1) is 8.75. The van der Waals surface area contributed by atoms with Crippen molar-refractivity contribution in [1.29, 1.82) is 0 Å². The van der Waals surface area contributed by atoms with Crippen molar-refractivity contribution in [3.05, 3.63) is 47.5 Å². The summed E-state index contributed by atoms with van der Waals surface area (Å²) >= 11 is 0. The first-order valence-electron chi connectivity index (χ1n) is 6.57. The van der Waals surface area contributed by atoms with Crippen molar-refractivity contribution in [3.63, 3.8) is 0 Å². The Kier molecular flexibility index (Phi) is 2.71. The van der Waals surface area contributed by atoms with E-state index in [1.165, 1.54) is 0 Å². The topological polar surface area (TPSA) is 32.3 Å². The predicted molar refractivity (Wildman–Crippen MR) is 71.5 cm³/mol. The summed E-state index contributed by atoms with van der Waals surface area (Å²) in [5.74, 6) is 0.0496. The highest BCUT2D eigenvalue weighted by molar-refractivity contribution is 6.00. The first-order valence-corrected chi connectivity index (χ1v) is 6.57. The van der Waals surface area contributed by atoms with E-state index in [-0.39, 0.29) is 11.4 Å². The quantitative estimate of drug-likeness (QED) is 0.803. The third kappa shape index (κ3) is 1.66. The van der Waals surface area contributed by atoms with Crippen LogP contribution in [-0.2, 0) is 5.54 Å². The van der Waals surface area contributed by atoms with Gasteiger partial charge in [-0.15, -0.1) is 0 Å². The zero-order valence-electron chi connectivity index (χ0n) is 10.6. The lowest BCUT2D eigenvalue weighted by Crippen LogP contribution is -2.50. The Bertz CT molecular complexity index is 509. The van der Waals surface area contributed by atoms with Crippen LogP contribution in [0.3, 0.4) is 0 Å². The van der Waals surface area contributed by atoms with E-state index in [0.29, 0.717) is 0 Å². The molecule has 0 radical (unpaired) electrons. The van der Waals surface area contributed by atoms with Gasteiger partial charge in [-0.2, -0.15) is 0 Å². The van der Waals surface area contributed by atoms with Crippen molar-refractivity contribution >= 4 is 5.91 Å². The number of carbonyl (C=O) groups is 1. The van der Waals surface area contributed by atoms with Gasteiger partial charge in [0, 0.05) is 18.7 Å². The molecule has 3 rings (SSSR count). The van der Waals surface area contributed by atoms with Crippen LogP contribution in [0.1, 0.15) is 29.3 Å². The van der Waals surface area contributed by atoms with Gasteiger partial charge in [0.2, 0.25) is 0 Å². The summed E-state index contributed by atoms with van der Waals surface area (Å²) in [6.07, 6.45) is 5.46. The van der Waals surface area contributed by atoms with Crippen LogP contribution in [-0.4, -0.2) is 30.4 Å². The number of fused-ring (bicyclic) bond motifs is 2. The maximum absolute atomic E-state index is 12.0. The van der Waals surface area contributed by atoms with Gasteiger partial charge in [0.05, 0.1) is 5.54 Å². The molecule has 1 atom stereocenters. The van der Waals surface area contributed by atoms with E-state index in [0.717, 1.165) is 37.2 Å². The van der Waals surface area contributed by atoms with E-state index in [9.17, 15) is 4.79 Å². The molecule has 0 bridgehead atoms. The van der Waals surface area contributed by atoms with E-state index in [4.69, 9.17) is 0 Å². The normalized spacial score (nSPS) is 26.4. The number of hydrogen-bond acceptors (Lipinski definition) is 2. The monoisotopic (exact) mass is 242 g/mol. The molecule has 0 saturated heterocycles. The summed E-state index contributed by atoms with van der Waals surface area (Å²) in [5, 5.41) is 3.16. The summed E-state index contributed by atoms with van der Waals surface area (Å²) in [6.45, 7) is 5.12. The third-order valence-corrected chi connectivity index (χ3v) is 3.77. The lowest BCUT2D eigenvalue weighted by molar-refractivity contribution is 0.0923. The van der Waals surface area contributed by atoms with Gasteiger partial charge in [-0.05, 0) is 24.6 Å². The fraction of sp³-hybridized carbons (Fsp3) is 0.400. The highest BCUT2D eigenvalue weighted by Crippen LogP contribution is 2.34. The first kappa shape index (κ1) is 11.5. The van der Waals surface area contributed by atoms with Crippen molar-refractivity contribution in [2.45, 2.75) is 18.9 Å². The number of carbonyl (C=O) groups excluding carboxylic acids is 1. The van der Waals surface area contributed by atoms with Crippen molar-refractivity contribution in [3.8, 4) is 0 Å². The molecule has 1 aromatic rings. The van der Waals surface area contributed by atoms with Crippen molar-refractivity contribution in [2.24, 2.45) is 0 Å². The van der Waals surface area contributed by atoms with Crippen LogP contribution in [0.25, 0.3) is 0 Å². The zero-order valence-corrected chi connectivity index (χ0v) is 10.6. The highest BCUT2D eigenvalue weighted by Gasteiger charge is 2.42. The van der Waals surface area contributed by atoms with Gasteiger partial charge in [-0.25, -0.2) is 0 Å². The van der Waals surface area contributed by atoms with Crippen LogP contribution >= 0.6 is 0 Å². The summed E-state index contributed by atoms with van der Waals surface area (Å²) in [4.78, 5) is 14.4. The number of hydrogen-bond donors (Lipinski definition) is 1. The molecule has 0 fully saturated rings. The van der Waals surface area contributed by atoms with E-state index < -0.39 is 0 Å². The highest BCUT2D eigenvalue weighted by atomic mass is 16.2. The van der Waals surface area contributed by atoms with Crippen LogP contribution in [0.2, 0.25) is 0 Å². The number of nitrogens with one attached hydrogen (secondary N) is 1. The van der Waals surface area contributed by atoms with Gasteiger partial charge in [0.1, 0.15) is 0 Å². The van der Waals surface area contributed by atoms with Crippen LogP contribution < -0.4 is 5.32 Å². The van der Waals surface area contributed by atoms with E-state index >= 15 is 0 Å². The molecule has 1 aromatic carbocycles. The lowest BCUT2D eigenvalue weighted by Gasteiger charge is -2.36. The molecule has 0 saturated carbocycles. The average molecular weight is 242 g/mol. The van der Waals surface area contributed by atoms with Crippen molar-refractivity contribution in [1.82, 2.24) is 10.2 Å². The standard InChI is InChI=1S/C15H18N2O/c1-2-9-17-10-5-8-15(11-17)13-7-4-3-6-12(13)14(18)16-15/h3-8H,2,9-11H2,1H3,(H,16,18). The Labute approximate surface area is 107 Å². The zero-order chi connectivity index (χ0) is 12.6. The van der Waals surface area contributed by atoms with Gasteiger partial charge in [-0.1, -0.05) is 37.3 Å². The summed E-state index contributed by atoms with van der Waals surface area (Å²) in [7, 11) is 0. The van der Waals surface area contributed by atoms with Gasteiger partial charge >= 0.3 is 0 Å². The Morgan fingerprint density at radius 1 is 1.39 bits per heavy atom. The predicted octanol–water partition coefficient (Wildman–Crippen LogP) is 1.91. The Balaban J connectivity index is 2.00. The second-order valence-electron chi connectivity index (χ2n) is 5.11. The number of rotatable bonds is 2. The largest absolute Gasteiger partial charge is 0.338 e. The Morgan fingerprint density at radius 3 is 3.06 bits per heavy atom. The minimum Gasteiger partial charge on any atom is -0.338 e. The molecule has 3 nitrogen and oxygen atoms in total. The molecule has 3 heteroatoms. The molecule has 1 N–H and O–H groups in total. The van der Waals surface area contributed by atoms with Crippen molar-refractivity contribution in [2.75, 3.05) is 19.6 Å². The molecule has 18 heavy (non-hydrogen) atoms. The van der Waals surface area contributed by atoms with Crippen LogP contribution in [0.15, 0.2) is 36.4 Å². The Morgan fingerprint density at radius 2 is 2.22 bits per heavy atom.